The number of carboxylic acids is 1. The molecule has 0 heterocycles. The molecule has 0 aliphatic heterocycles. The Morgan fingerprint density at radius 2 is 2.10 bits per heavy atom. The summed E-state index contributed by atoms with van der Waals surface area (Å²) in [5.41, 5.74) is 4.95. The molecule has 0 aliphatic carbocycles. The molecule has 0 unspecified atom stereocenters. The number of hydrogen-bond acceptors (Lipinski definition) is 4. The predicted molar refractivity (Wildman–Crippen MR) is 77.6 cm³/mol. The van der Waals surface area contributed by atoms with Crippen LogP contribution in [0, 0.1) is 0 Å². The average Bonchev–Trinajstić information content (AvgIpc) is 2.40. The summed E-state index contributed by atoms with van der Waals surface area (Å²) in [6.07, 6.45) is -0.184. The molecule has 4 N–H and O–H groups in total. The van der Waals surface area contributed by atoms with Gasteiger partial charge in [-0.25, -0.2) is 4.79 Å². The van der Waals surface area contributed by atoms with E-state index in [1.54, 1.807) is 24.3 Å². The van der Waals surface area contributed by atoms with Crippen LogP contribution in [0.25, 0.3) is 0 Å². The summed E-state index contributed by atoms with van der Waals surface area (Å²) < 4.78 is 6.02. The van der Waals surface area contributed by atoms with Crippen LogP contribution in [0.5, 0.6) is 5.75 Å². The molecule has 1 aromatic rings. The molecule has 0 radical (unpaired) electrons. The number of hydrogen-bond donors (Lipinski definition) is 3. The lowest BCUT2D eigenvalue weighted by Crippen LogP contribution is -2.43. The third-order valence-electron chi connectivity index (χ3n) is 2.48. The monoisotopic (exact) mass is 358 g/mol. The highest BCUT2D eigenvalue weighted by molar-refractivity contribution is 9.10. The first-order valence-electron chi connectivity index (χ1n) is 6.07. The lowest BCUT2D eigenvalue weighted by Gasteiger charge is -2.14. The minimum atomic E-state index is -1.23. The smallest absolute Gasteiger partial charge is 0.326 e. The van der Waals surface area contributed by atoms with E-state index in [2.05, 4.69) is 21.2 Å². The fourth-order valence-electron chi connectivity index (χ4n) is 1.49. The molecule has 21 heavy (non-hydrogen) atoms. The minimum Gasteiger partial charge on any atom is -0.484 e. The van der Waals surface area contributed by atoms with Gasteiger partial charge in [0.2, 0.25) is 5.91 Å². The normalized spacial score (nSPS) is 11.5. The van der Waals surface area contributed by atoms with Crippen LogP contribution in [0.2, 0.25) is 0 Å². The summed E-state index contributed by atoms with van der Waals surface area (Å²) in [5, 5.41) is 11.2. The van der Waals surface area contributed by atoms with Crippen LogP contribution in [-0.2, 0) is 14.4 Å². The fraction of sp³-hybridized carbons (Fsp3) is 0.308. The Bertz CT molecular complexity index is 535. The Hall–Kier alpha value is -2.09. The molecular formula is C13H15BrN2O5. The second-order valence-corrected chi connectivity index (χ2v) is 5.13. The number of carbonyl (C=O) groups is 3. The van der Waals surface area contributed by atoms with Crippen molar-refractivity contribution in [1.29, 1.82) is 0 Å². The van der Waals surface area contributed by atoms with Gasteiger partial charge >= 0.3 is 5.97 Å². The summed E-state index contributed by atoms with van der Waals surface area (Å²) >= 11 is 3.26. The Labute approximate surface area is 129 Å². The summed E-state index contributed by atoms with van der Waals surface area (Å²) in [5.74, 6) is -1.97. The first-order chi connectivity index (χ1) is 9.88. The van der Waals surface area contributed by atoms with Gasteiger partial charge in [-0.3, -0.25) is 9.59 Å². The summed E-state index contributed by atoms with van der Waals surface area (Å²) in [7, 11) is 0. The number of amides is 2. The van der Waals surface area contributed by atoms with Crippen molar-refractivity contribution in [2.24, 2.45) is 5.73 Å². The van der Waals surface area contributed by atoms with Gasteiger partial charge in [-0.2, -0.15) is 0 Å². The third kappa shape index (κ3) is 6.75. The topological polar surface area (TPSA) is 119 Å². The largest absolute Gasteiger partial charge is 0.484 e. The number of halogens is 1. The average molecular weight is 359 g/mol. The Kier molecular flexibility index (Phi) is 6.67. The van der Waals surface area contributed by atoms with Gasteiger partial charge in [0.1, 0.15) is 11.8 Å². The van der Waals surface area contributed by atoms with Crippen LogP contribution in [0.1, 0.15) is 12.8 Å². The molecule has 7 nitrogen and oxygen atoms in total. The van der Waals surface area contributed by atoms with Crippen molar-refractivity contribution >= 4 is 33.7 Å². The first kappa shape index (κ1) is 17.0. The molecule has 1 rings (SSSR count). The van der Waals surface area contributed by atoms with Crippen LogP contribution in [0.4, 0.5) is 0 Å². The number of primary amides is 1. The summed E-state index contributed by atoms with van der Waals surface area (Å²) in [6, 6.07) is 5.71. The van der Waals surface area contributed by atoms with Crippen molar-refractivity contribution in [3.8, 4) is 5.75 Å². The molecule has 1 aromatic carbocycles. The van der Waals surface area contributed by atoms with Crippen molar-refractivity contribution in [2.45, 2.75) is 18.9 Å². The van der Waals surface area contributed by atoms with Crippen LogP contribution >= 0.6 is 15.9 Å². The molecule has 114 valence electrons. The Morgan fingerprint density at radius 3 is 2.67 bits per heavy atom. The van der Waals surface area contributed by atoms with Crippen LogP contribution in [-0.4, -0.2) is 35.5 Å². The van der Waals surface area contributed by atoms with E-state index in [1.807, 2.05) is 0 Å². The van der Waals surface area contributed by atoms with Crippen molar-refractivity contribution in [2.75, 3.05) is 6.61 Å². The van der Waals surface area contributed by atoms with Crippen molar-refractivity contribution in [3.05, 3.63) is 28.7 Å². The number of rotatable bonds is 8. The molecule has 0 saturated heterocycles. The maximum absolute atomic E-state index is 11.6. The summed E-state index contributed by atoms with van der Waals surface area (Å²) in [6.45, 7) is -0.323. The van der Waals surface area contributed by atoms with Gasteiger partial charge in [0, 0.05) is 10.9 Å². The number of carboxylic acid groups (broad SMARTS) is 1. The van der Waals surface area contributed by atoms with E-state index < -0.39 is 23.8 Å². The van der Waals surface area contributed by atoms with Crippen LogP contribution in [0.3, 0.4) is 0 Å². The van der Waals surface area contributed by atoms with Gasteiger partial charge in [0.25, 0.3) is 5.91 Å². The van der Waals surface area contributed by atoms with Gasteiger partial charge in [0.05, 0.1) is 0 Å². The molecule has 8 heteroatoms. The zero-order valence-electron chi connectivity index (χ0n) is 11.0. The van der Waals surface area contributed by atoms with Crippen molar-refractivity contribution in [3.63, 3.8) is 0 Å². The number of ether oxygens (including phenoxy) is 1. The van der Waals surface area contributed by atoms with E-state index in [0.29, 0.717) is 5.75 Å². The quantitative estimate of drug-likeness (QED) is 0.630. The lowest BCUT2D eigenvalue weighted by atomic mass is 10.1. The molecule has 0 fully saturated rings. The Morgan fingerprint density at radius 1 is 1.38 bits per heavy atom. The third-order valence-corrected chi connectivity index (χ3v) is 2.97. The Balaban J connectivity index is 2.46. The van der Waals surface area contributed by atoms with Crippen LogP contribution in [0.15, 0.2) is 28.7 Å². The fourth-order valence-corrected chi connectivity index (χ4v) is 1.86. The number of carbonyl (C=O) groups excluding carboxylic acids is 2. The first-order valence-corrected chi connectivity index (χ1v) is 6.86. The van der Waals surface area contributed by atoms with Crippen molar-refractivity contribution < 1.29 is 24.2 Å². The summed E-state index contributed by atoms with van der Waals surface area (Å²) in [4.78, 5) is 33.2. The zero-order valence-corrected chi connectivity index (χ0v) is 12.6. The van der Waals surface area contributed by atoms with E-state index in [0.717, 1.165) is 4.47 Å². The molecule has 0 spiro atoms. The highest BCUT2D eigenvalue weighted by atomic mass is 79.9. The SMILES string of the molecule is NC(=O)CC[C@@H](NC(=O)COc1cccc(Br)c1)C(=O)O. The highest BCUT2D eigenvalue weighted by Gasteiger charge is 2.20. The molecule has 0 saturated carbocycles. The van der Waals surface area contributed by atoms with E-state index in [1.165, 1.54) is 0 Å². The molecule has 0 bridgehead atoms. The molecule has 0 aliphatic rings. The molecule has 0 aromatic heterocycles. The zero-order chi connectivity index (χ0) is 15.8. The second-order valence-electron chi connectivity index (χ2n) is 4.21. The number of aliphatic carboxylic acids is 1. The lowest BCUT2D eigenvalue weighted by molar-refractivity contribution is -0.142. The maximum Gasteiger partial charge on any atom is 0.326 e. The van der Waals surface area contributed by atoms with Gasteiger partial charge in [0.15, 0.2) is 6.61 Å². The van der Waals surface area contributed by atoms with E-state index >= 15 is 0 Å². The number of nitrogens with one attached hydrogen (secondary N) is 1. The number of benzene rings is 1. The van der Waals surface area contributed by atoms with Crippen molar-refractivity contribution in [1.82, 2.24) is 5.32 Å². The van der Waals surface area contributed by atoms with Gasteiger partial charge in [-0.15, -0.1) is 0 Å². The van der Waals surface area contributed by atoms with E-state index in [4.69, 9.17) is 15.6 Å². The van der Waals surface area contributed by atoms with E-state index in [9.17, 15) is 14.4 Å². The standard InChI is InChI=1S/C13H15BrN2O5/c14-8-2-1-3-9(6-8)21-7-12(18)16-10(13(19)20)4-5-11(15)17/h1-3,6,10H,4-5,7H2,(H2,15,17)(H,16,18)(H,19,20)/t10-/m1/s1. The highest BCUT2D eigenvalue weighted by Crippen LogP contribution is 2.17. The van der Waals surface area contributed by atoms with E-state index in [-0.39, 0.29) is 19.4 Å². The number of nitrogens with two attached hydrogens (primary N) is 1. The molecule has 1 atom stereocenters. The van der Waals surface area contributed by atoms with Crippen LogP contribution < -0.4 is 15.8 Å². The predicted octanol–water partition coefficient (Wildman–Crippen LogP) is 0.663. The maximum atomic E-state index is 11.6. The van der Waals surface area contributed by atoms with Gasteiger partial charge in [-0.05, 0) is 24.6 Å². The second kappa shape index (κ2) is 8.25. The molecule has 2 amide bonds. The van der Waals surface area contributed by atoms with Gasteiger partial charge in [-0.1, -0.05) is 22.0 Å². The van der Waals surface area contributed by atoms with Gasteiger partial charge < -0.3 is 20.9 Å². The molecular weight excluding hydrogens is 344 g/mol. The minimum absolute atomic E-state index is 0.0622.